The van der Waals surface area contributed by atoms with Crippen molar-refractivity contribution in [1.82, 2.24) is 0 Å². The molecule has 0 aliphatic carbocycles. The third kappa shape index (κ3) is 65.0. The molecule has 0 radical (unpaired) electrons. The van der Waals surface area contributed by atoms with E-state index in [1.54, 1.807) is 0 Å². The average molecular weight is 1100 g/mol. The highest BCUT2D eigenvalue weighted by molar-refractivity contribution is 5.71. The van der Waals surface area contributed by atoms with Crippen LogP contribution in [0.5, 0.6) is 0 Å². The Labute approximate surface area is 489 Å². The van der Waals surface area contributed by atoms with Crippen molar-refractivity contribution in [3.63, 3.8) is 0 Å². The van der Waals surface area contributed by atoms with Gasteiger partial charge in [0.25, 0.3) is 0 Å². The molecule has 0 saturated carbocycles. The summed E-state index contributed by atoms with van der Waals surface area (Å²) in [6.07, 6.45) is 89.8. The largest absolute Gasteiger partial charge is 0.462 e. The lowest BCUT2D eigenvalue weighted by molar-refractivity contribution is -0.167. The van der Waals surface area contributed by atoms with Crippen LogP contribution >= 0.6 is 0 Å². The van der Waals surface area contributed by atoms with Crippen LogP contribution in [0.3, 0.4) is 0 Å². The fraction of sp³-hybridized carbons (Fsp3) is 0.740. The molecule has 0 aliphatic rings. The van der Waals surface area contributed by atoms with Crippen LogP contribution in [0.2, 0.25) is 0 Å². The highest BCUT2D eigenvalue weighted by Gasteiger charge is 2.19. The molecule has 0 fully saturated rings. The van der Waals surface area contributed by atoms with E-state index in [1.165, 1.54) is 186 Å². The molecule has 0 aromatic rings. The molecule has 6 heteroatoms. The van der Waals surface area contributed by atoms with Crippen LogP contribution in [0.1, 0.15) is 329 Å². The predicted octanol–water partition coefficient (Wildman–Crippen LogP) is 23.2. The first-order valence-corrected chi connectivity index (χ1v) is 33.7. The van der Waals surface area contributed by atoms with E-state index >= 15 is 0 Å². The van der Waals surface area contributed by atoms with Crippen LogP contribution < -0.4 is 0 Å². The number of allylic oxidation sites excluding steroid dienone is 16. The second-order valence-electron chi connectivity index (χ2n) is 22.3. The zero-order valence-corrected chi connectivity index (χ0v) is 52.1. The van der Waals surface area contributed by atoms with Gasteiger partial charge >= 0.3 is 17.9 Å². The highest BCUT2D eigenvalue weighted by atomic mass is 16.6. The van der Waals surface area contributed by atoms with Crippen molar-refractivity contribution < 1.29 is 28.6 Å². The molecule has 6 nitrogen and oxygen atoms in total. The minimum absolute atomic E-state index is 0.0855. The standard InChI is InChI=1S/C73H126O6/c1-4-7-10-13-16-19-22-25-28-31-34-36-39-42-45-48-51-54-57-60-63-66-72(75)78-69-70(68-77-71(74)65-62-59-56-53-50-47-44-41-38-33-30-27-24-21-18-15-12-9-6-3)79-73(76)67-64-61-58-55-52-49-46-43-40-37-35-32-29-26-23-20-17-14-11-8-5-2/h9,12,18,21-23,25-27,30-32,34-35,38,41,70H,4-8,10-11,13-17,19-20,24,28-29,33,36-37,39-40,42-69H2,1-3H3/b12-9-,21-18-,25-22-,26-23-,30-27-,34-31-,35-32-,41-38-. The van der Waals surface area contributed by atoms with E-state index < -0.39 is 6.10 Å². The van der Waals surface area contributed by atoms with Crippen LogP contribution in [0, 0.1) is 0 Å². The lowest BCUT2D eigenvalue weighted by atomic mass is 10.1. The molecule has 0 aromatic heterocycles. The number of esters is 3. The summed E-state index contributed by atoms with van der Waals surface area (Å²) >= 11 is 0. The number of rotatable bonds is 61. The van der Waals surface area contributed by atoms with Crippen LogP contribution in [-0.4, -0.2) is 37.2 Å². The molecule has 0 amide bonds. The number of carbonyl (C=O) groups excluding carboxylic acids is 3. The van der Waals surface area contributed by atoms with Crippen molar-refractivity contribution in [2.45, 2.75) is 335 Å². The monoisotopic (exact) mass is 1100 g/mol. The third-order valence-corrected chi connectivity index (χ3v) is 14.5. The molecule has 0 N–H and O–H groups in total. The third-order valence-electron chi connectivity index (χ3n) is 14.5. The molecule has 79 heavy (non-hydrogen) atoms. The van der Waals surface area contributed by atoms with Gasteiger partial charge in [-0.05, 0) is 122 Å². The first-order valence-electron chi connectivity index (χ1n) is 33.7. The summed E-state index contributed by atoms with van der Waals surface area (Å²) in [6.45, 7) is 6.52. The molecule has 0 heterocycles. The van der Waals surface area contributed by atoms with Gasteiger partial charge in [0, 0.05) is 19.3 Å². The fourth-order valence-electron chi connectivity index (χ4n) is 9.50. The number of unbranched alkanes of at least 4 members (excludes halogenated alkanes) is 34. The Kier molecular flexibility index (Phi) is 63.7. The van der Waals surface area contributed by atoms with Crippen molar-refractivity contribution in [2.24, 2.45) is 0 Å². The SMILES string of the molecule is CC/C=C\C/C=C\C/C=C\C/C=C\CCCCCCCCC(=O)OCC(COC(=O)CCCCCCCCCCC/C=C\C/C=C\CCCCCCC)OC(=O)CCCCCCCCCCC/C=C\C/C=C\CCCCCCC. The summed E-state index contributed by atoms with van der Waals surface area (Å²) in [5.74, 6) is -0.895. The predicted molar refractivity (Wildman–Crippen MR) is 344 cm³/mol. The van der Waals surface area contributed by atoms with Gasteiger partial charge in [-0.2, -0.15) is 0 Å². The smallest absolute Gasteiger partial charge is 0.306 e. The average Bonchev–Trinajstić information content (AvgIpc) is 3.45. The minimum atomic E-state index is -0.791. The number of carbonyl (C=O) groups is 3. The molecule has 0 bridgehead atoms. The number of ether oxygens (including phenoxy) is 3. The minimum Gasteiger partial charge on any atom is -0.462 e. The van der Waals surface area contributed by atoms with Crippen molar-refractivity contribution in [3.8, 4) is 0 Å². The topological polar surface area (TPSA) is 78.9 Å². The van der Waals surface area contributed by atoms with E-state index in [1.807, 2.05) is 0 Å². The van der Waals surface area contributed by atoms with Crippen LogP contribution in [-0.2, 0) is 28.6 Å². The molecule has 0 aromatic carbocycles. The van der Waals surface area contributed by atoms with Crippen molar-refractivity contribution >= 4 is 17.9 Å². The first kappa shape index (κ1) is 75.3. The van der Waals surface area contributed by atoms with Gasteiger partial charge < -0.3 is 14.2 Å². The van der Waals surface area contributed by atoms with E-state index in [0.29, 0.717) is 19.3 Å². The van der Waals surface area contributed by atoms with E-state index in [2.05, 4.69) is 118 Å². The van der Waals surface area contributed by atoms with Gasteiger partial charge in [0.15, 0.2) is 6.10 Å². The Bertz CT molecular complexity index is 1540. The van der Waals surface area contributed by atoms with E-state index in [9.17, 15) is 14.4 Å². The summed E-state index contributed by atoms with van der Waals surface area (Å²) < 4.78 is 17.0. The Morgan fingerprint density at radius 2 is 0.494 bits per heavy atom. The molecular formula is C73H126O6. The van der Waals surface area contributed by atoms with E-state index in [-0.39, 0.29) is 31.1 Å². The van der Waals surface area contributed by atoms with Gasteiger partial charge in [0.2, 0.25) is 0 Å². The summed E-state index contributed by atoms with van der Waals surface area (Å²) in [4.78, 5) is 38.4. The maximum absolute atomic E-state index is 13.0. The zero-order valence-electron chi connectivity index (χ0n) is 52.1. The van der Waals surface area contributed by atoms with Crippen LogP contribution in [0.15, 0.2) is 97.2 Å². The molecule has 0 saturated heterocycles. The van der Waals surface area contributed by atoms with E-state index in [0.717, 1.165) is 103 Å². The normalized spacial score (nSPS) is 12.7. The summed E-state index contributed by atoms with van der Waals surface area (Å²) in [5, 5.41) is 0. The summed E-state index contributed by atoms with van der Waals surface area (Å²) in [7, 11) is 0. The second kappa shape index (κ2) is 66.8. The maximum Gasteiger partial charge on any atom is 0.306 e. The quantitative estimate of drug-likeness (QED) is 0.0261. The molecule has 0 aliphatic heterocycles. The van der Waals surface area contributed by atoms with Gasteiger partial charge in [0.05, 0.1) is 0 Å². The lowest BCUT2D eigenvalue weighted by Crippen LogP contribution is -2.30. The number of hydrogen-bond donors (Lipinski definition) is 0. The highest BCUT2D eigenvalue weighted by Crippen LogP contribution is 2.16. The van der Waals surface area contributed by atoms with Gasteiger partial charge in [-0.1, -0.05) is 285 Å². The number of hydrogen-bond acceptors (Lipinski definition) is 6. The zero-order chi connectivity index (χ0) is 57.1. The van der Waals surface area contributed by atoms with Crippen molar-refractivity contribution in [1.29, 1.82) is 0 Å². The van der Waals surface area contributed by atoms with Crippen LogP contribution in [0.25, 0.3) is 0 Å². The second-order valence-corrected chi connectivity index (χ2v) is 22.3. The Hall–Kier alpha value is -3.67. The fourth-order valence-corrected chi connectivity index (χ4v) is 9.50. The summed E-state index contributed by atoms with van der Waals surface area (Å²) in [6, 6.07) is 0. The molecule has 1 atom stereocenters. The molecule has 0 spiro atoms. The Balaban J connectivity index is 4.42. The molecule has 1 unspecified atom stereocenters. The maximum atomic E-state index is 13.0. The molecule has 0 rings (SSSR count). The Morgan fingerprint density at radius 3 is 0.772 bits per heavy atom. The first-order chi connectivity index (χ1) is 39.0. The van der Waals surface area contributed by atoms with Gasteiger partial charge in [-0.15, -0.1) is 0 Å². The van der Waals surface area contributed by atoms with Gasteiger partial charge in [-0.25, -0.2) is 0 Å². The van der Waals surface area contributed by atoms with Gasteiger partial charge in [0.1, 0.15) is 13.2 Å². The Morgan fingerprint density at radius 1 is 0.266 bits per heavy atom. The summed E-state index contributed by atoms with van der Waals surface area (Å²) in [5.41, 5.74) is 0. The van der Waals surface area contributed by atoms with Crippen molar-refractivity contribution in [2.75, 3.05) is 13.2 Å². The van der Waals surface area contributed by atoms with Crippen LogP contribution in [0.4, 0.5) is 0 Å². The molecular weight excluding hydrogens is 973 g/mol. The lowest BCUT2D eigenvalue weighted by Gasteiger charge is -2.18. The van der Waals surface area contributed by atoms with Gasteiger partial charge in [-0.3, -0.25) is 14.4 Å². The van der Waals surface area contributed by atoms with E-state index in [4.69, 9.17) is 14.2 Å². The molecule has 454 valence electrons. The van der Waals surface area contributed by atoms with Crippen molar-refractivity contribution in [3.05, 3.63) is 97.2 Å².